The summed E-state index contributed by atoms with van der Waals surface area (Å²) in [6, 6.07) is 1.56. The van der Waals surface area contributed by atoms with Crippen LogP contribution in [0.2, 0.25) is 0 Å². The molecule has 0 saturated carbocycles. The quantitative estimate of drug-likeness (QED) is 0.814. The van der Waals surface area contributed by atoms with Crippen molar-refractivity contribution in [2.45, 2.75) is 57.8 Å². The highest BCUT2D eigenvalue weighted by Gasteiger charge is 2.46. The Morgan fingerprint density at radius 1 is 1.36 bits per heavy atom. The average molecular weight is 347 g/mol. The first-order valence-corrected chi connectivity index (χ1v) is 9.60. The summed E-state index contributed by atoms with van der Waals surface area (Å²) in [4.78, 5) is 21.6. The molecule has 0 aromatic carbocycles. The van der Waals surface area contributed by atoms with Crippen LogP contribution >= 0.6 is 0 Å². The van der Waals surface area contributed by atoms with E-state index in [9.17, 15) is 4.79 Å². The second-order valence-electron chi connectivity index (χ2n) is 8.01. The fourth-order valence-corrected chi connectivity index (χ4v) is 5.09. The number of piperidine rings is 1. The van der Waals surface area contributed by atoms with Crippen molar-refractivity contribution < 1.29 is 9.53 Å². The van der Waals surface area contributed by atoms with Gasteiger partial charge in [-0.3, -0.25) is 14.4 Å². The van der Waals surface area contributed by atoms with Gasteiger partial charge in [-0.1, -0.05) is 0 Å². The largest absolute Gasteiger partial charge is 0.381 e. The molecule has 0 N–H and O–H groups in total. The Hall–Kier alpha value is -1.47. The van der Waals surface area contributed by atoms with E-state index >= 15 is 0 Å². The third kappa shape index (κ3) is 3.31. The Morgan fingerprint density at radius 2 is 2.24 bits per heavy atom. The van der Waals surface area contributed by atoms with Gasteiger partial charge in [0, 0.05) is 37.8 Å². The number of nitrogens with zero attached hydrogens (tertiary/aromatic N) is 5. The zero-order valence-electron chi connectivity index (χ0n) is 15.3. The summed E-state index contributed by atoms with van der Waals surface area (Å²) in [5, 5.41) is 4.29. The summed E-state index contributed by atoms with van der Waals surface area (Å²) in [6.07, 6.45) is 6.50. The number of fused-ring (bicyclic) bond motifs is 1. The molecule has 0 radical (unpaired) electrons. The fraction of sp³-hybridized carbons (Fsp3) is 0.833. The van der Waals surface area contributed by atoms with Crippen molar-refractivity contribution in [3.8, 4) is 0 Å². The Bertz CT molecular complexity index is 584. The molecule has 3 aliphatic heterocycles. The molecule has 0 bridgehead atoms. The van der Waals surface area contributed by atoms with E-state index in [-0.39, 0.29) is 5.92 Å². The molecule has 1 aromatic heterocycles. The van der Waals surface area contributed by atoms with Crippen molar-refractivity contribution in [1.82, 2.24) is 24.6 Å². The zero-order chi connectivity index (χ0) is 17.4. The Labute approximate surface area is 149 Å². The molecule has 138 valence electrons. The maximum atomic E-state index is 12.8. The second kappa shape index (κ2) is 7.03. The van der Waals surface area contributed by atoms with E-state index in [1.165, 1.54) is 0 Å². The molecule has 3 saturated heterocycles. The highest BCUT2D eigenvalue weighted by atomic mass is 16.5. The van der Waals surface area contributed by atoms with Crippen molar-refractivity contribution >= 4 is 5.91 Å². The first kappa shape index (κ1) is 17.0. The predicted octanol–water partition coefficient (Wildman–Crippen LogP) is 1.01. The molecule has 7 heteroatoms. The maximum absolute atomic E-state index is 12.8. The minimum Gasteiger partial charge on any atom is -0.381 e. The van der Waals surface area contributed by atoms with Gasteiger partial charge in [0.2, 0.25) is 5.91 Å². The number of carbonyl (C=O) groups is 1. The Balaban J connectivity index is 1.44. The van der Waals surface area contributed by atoms with E-state index in [0.717, 1.165) is 45.5 Å². The molecule has 1 aromatic rings. The van der Waals surface area contributed by atoms with Crippen molar-refractivity contribution in [1.29, 1.82) is 0 Å². The number of carbonyl (C=O) groups excluding carboxylic acids is 1. The van der Waals surface area contributed by atoms with E-state index < -0.39 is 0 Å². The van der Waals surface area contributed by atoms with Crippen LogP contribution in [0.5, 0.6) is 0 Å². The second-order valence-corrected chi connectivity index (χ2v) is 8.01. The van der Waals surface area contributed by atoms with Crippen LogP contribution in [0.3, 0.4) is 0 Å². The lowest BCUT2D eigenvalue weighted by Gasteiger charge is -2.41. The fourth-order valence-electron chi connectivity index (χ4n) is 5.09. The van der Waals surface area contributed by atoms with Gasteiger partial charge in [0.15, 0.2) is 0 Å². The van der Waals surface area contributed by atoms with E-state index in [4.69, 9.17) is 4.74 Å². The normalized spacial score (nSPS) is 33.2. The first-order chi connectivity index (χ1) is 12.1. The van der Waals surface area contributed by atoms with Crippen LogP contribution in [0.4, 0.5) is 0 Å². The molecule has 25 heavy (non-hydrogen) atoms. The summed E-state index contributed by atoms with van der Waals surface area (Å²) in [5.74, 6) is 0.966. The van der Waals surface area contributed by atoms with Crippen molar-refractivity contribution in [3.63, 3.8) is 0 Å². The van der Waals surface area contributed by atoms with Gasteiger partial charge >= 0.3 is 0 Å². The lowest BCUT2D eigenvalue weighted by Crippen LogP contribution is -2.51. The molecule has 4 rings (SSSR count). The van der Waals surface area contributed by atoms with Crippen LogP contribution in [-0.4, -0.2) is 74.9 Å². The van der Waals surface area contributed by atoms with Crippen molar-refractivity contribution in [3.05, 3.63) is 12.7 Å². The molecular weight excluding hydrogens is 318 g/mol. The van der Waals surface area contributed by atoms with Gasteiger partial charge in [-0.25, -0.2) is 4.98 Å². The van der Waals surface area contributed by atoms with Crippen LogP contribution in [0.25, 0.3) is 0 Å². The van der Waals surface area contributed by atoms with Gasteiger partial charge in [0.25, 0.3) is 0 Å². The number of ether oxygens (including phenoxy) is 1. The summed E-state index contributed by atoms with van der Waals surface area (Å²) in [6.45, 7) is 8.57. The maximum Gasteiger partial charge on any atom is 0.228 e. The van der Waals surface area contributed by atoms with Gasteiger partial charge in [-0.15, -0.1) is 0 Å². The third-order valence-electron chi connectivity index (χ3n) is 6.12. The Kier molecular flexibility index (Phi) is 4.78. The van der Waals surface area contributed by atoms with Gasteiger partial charge in [-0.05, 0) is 39.0 Å². The highest BCUT2D eigenvalue weighted by Crippen LogP contribution is 2.38. The lowest BCUT2D eigenvalue weighted by atomic mass is 9.91. The smallest absolute Gasteiger partial charge is 0.228 e. The minimum atomic E-state index is 0.0881. The monoisotopic (exact) mass is 347 g/mol. The Morgan fingerprint density at radius 3 is 2.92 bits per heavy atom. The van der Waals surface area contributed by atoms with Gasteiger partial charge in [0.05, 0.1) is 19.1 Å². The van der Waals surface area contributed by atoms with E-state index in [1.807, 2.05) is 4.68 Å². The minimum absolute atomic E-state index is 0.0881. The standard InChI is InChI=1S/C18H29N5O2/c1-13(2)23-16(9-22-12-19-11-20-22)7-15-8-21(5-3-17(15)23)18(24)14-4-6-25-10-14/h11-17H,3-10H2,1-2H3/t14?,15-,16+,17+/m0/s1. The molecule has 4 atom stereocenters. The molecule has 3 aliphatic rings. The van der Waals surface area contributed by atoms with E-state index in [1.54, 1.807) is 12.7 Å². The average Bonchev–Trinajstić information content (AvgIpc) is 3.34. The molecular formula is C18H29N5O2. The van der Waals surface area contributed by atoms with Crippen molar-refractivity contribution in [2.24, 2.45) is 11.8 Å². The lowest BCUT2D eigenvalue weighted by molar-refractivity contribution is -0.137. The summed E-state index contributed by atoms with van der Waals surface area (Å²) in [5.41, 5.74) is 0. The first-order valence-electron chi connectivity index (χ1n) is 9.60. The van der Waals surface area contributed by atoms with E-state index in [2.05, 4.69) is 33.7 Å². The summed E-state index contributed by atoms with van der Waals surface area (Å²) >= 11 is 0. The van der Waals surface area contributed by atoms with Crippen molar-refractivity contribution in [2.75, 3.05) is 26.3 Å². The molecule has 4 heterocycles. The molecule has 1 amide bonds. The SMILES string of the molecule is CC(C)N1[C@@H](Cn2cncn2)C[C@H]2CN(C(=O)C3CCOC3)CC[C@H]21. The topological polar surface area (TPSA) is 63.5 Å². The number of amides is 1. The van der Waals surface area contributed by atoms with Crippen LogP contribution in [0.15, 0.2) is 12.7 Å². The number of likely N-dealkylation sites (tertiary alicyclic amines) is 2. The molecule has 0 aliphatic carbocycles. The van der Waals surface area contributed by atoms with Gasteiger partial charge in [-0.2, -0.15) is 5.10 Å². The summed E-state index contributed by atoms with van der Waals surface area (Å²) < 4.78 is 7.35. The van der Waals surface area contributed by atoms with Gasteiger partial charge in [0.1, 0.15) is 12.7 Å². The van der Waals surface area contributed by atoms with E-state index in [0.29, 0.717) is 36.6 Å². The molecule has 0 spiro atoms. The number of rotatable bonds is 4. The molecule has 7 nitrogen and oxygen atoms in total. The number of hydrogen-bond donors (Lipinski definition) is 0. The zero-order valence-corrected chi connectivity index (χ0v) is 15.3. The molecule has 1 unspecified atom stereocenters. The van der Waals surface area contributed by atoms with Crippen LogP contribution in [0.1, 0.15) is 33.1 Å². The number of hydrogen-bond acceptors (Lipinski definition) is 5. The summed E-state index contributed by atoms with van der Waals surface area (Å²) in [7, 11) is 0. The predicted molar refractivity (Wildman–Crippen MR) is 92.8 cm³/mol. The van der Waals surface area contributed by atoms with Gasteiger partial charge < -0.3 is 9.64 Å². The number of aromatic nitrogens is 3. The van der Waals surface area contributed by atoms with Crippen LogP contribution < -0.4 is 0 Å². The molecule has 3 fully saturated rings. The van der Waals surface area contributed by atoms with Crippen LogP contribution in [0, 0.1) is 11.8 Å². The third-order valence-corrected chi connectivity index (χ3v) is 6.12. The highest BCUT2D eigenvalue weighted by molar-refractivity contribution is 5.79. The van der Waals surface area contributed by atoms with Crippen LogP contribution in [-0.2, 0) is 16.1 Å².